The minimum Gasteiger partial charge on any atom is -0.464 e. The van der Waals surface area contributed by atoms with Crippen LogP contribution in [-0.4, -0.2) is 18.6 Å². The molecule has 0 saturated heterocycles. The molecular formula is C12H16FNO2. The second kappa shape index (κ2) is 5.49. The summed E-state index contributed by atoms with van der Waals surface area (Å²) in [5, 5.41) is 2.92. The summed E-state index contributed by atoms with van der Waals surface area (Å²) in [5.41, 5.74) is 1.50. The topological polar surface area (TPSA) is 38.3 Å². The number of anilines is 1. The second-order valence-corrected chi connectivity index (χ2v) is 3.58. The minimum atomic E-state index is -0.486. The molecule has 16 heavy (non-hydrogen) atoms. The number of ether oxygens (including phenoxy) is 1. The molecule has 0 amide bonds. The number of benzene rings is 1. The van der Waals surface area contributed by atoms with Crippen molar-refractivity contribution in [1.82, 2.24) is 0 Å². The molecule has 0 bridgehead atoms. The van der Waals surface area contributed by atoms with E-state index in [4.69, 9.17) is 4.74 Å². The Hall–Kier alpha value is -1.58. The van der Waals surface area contributed by atoms with Gasteiger partial charge in [0.15, 0.2) is 0 Å². The average molecular weight is 225 g/mol. The van der Waals surface area contributed by atoms with E-state index in [2.05, 4.69) is 5.32 Å². The van der Waals surface area contributed by atoms with Gasteiger partial charge < -0.3 is 10.1 Å². The predicted octanol–water partition coefficient (Wildman–Crippen LogP) is 2.50. The van der Waals surface area contributed by atoms with Gasteiger partial charge in [-0.05, 0) is 38.5 Å². The fourth-order valence-corrected chi connectivity index (χ4v) is 1.31. The van der Waals surface area contributed by atoms with Crippen molar-refractivity contribution in [3.05, 3.63) is 29.6 Å². The van der Waals surface area contributed by atoms with Crippen LogP contribution in [0.25, 0.3) is 0 Å². The number of carbonyl (C=O) groups excluding carboxylic acids is 1. The molecule has 1 rings (SSSR count). The van der Waals surface area contributed by atoms with Gasteiger partial charge in [-0.15, -0.1) is 0 Å². The Morgan fingerprint density at radius 2 is 2.25 bits per heavy atom. The van der Waals surface area contributed by atoms with Crippen LogP contribution in [-0.2, 0) is 9.53 Å². The Bertz CT molecular complexity index is 379. The monoisotopic (exact) mass is 225 g/mol. The molecule has 0 aromatic heterocycles. The van der Waals surface area contributed by atoms with Gasteiger partial charge in [0.25, 0.3) is 0 Å². The van der Waals surface area contributed by atoms with Gasteiger partial charge in [0.05, 0.1) is 6.61 Å². The number of hydrogen-bond donors (Lipinski definition) is 1. The highest BCUT2D eigenvalue weighted by molar-refractivity contribution is 5.79. The summed E-state index contributed by atoms with van der Waals surface area (Å²) >= 11 is 0. The van der Waals surface area contributed by atoms with Crippen molar-refractivity contribution in [2.45, 2.75) is 26.8 Å². The molecule has 0 aliphatic heterocycles. The number of halogens is 1. The molecule has 88 valence electrons. The van der Waals surface area contributed by atoms with Gasteiger partial charge >= 0.3 is 5.97 Å². The standard InChI is InChI=1S/C12H16FNO2/c1-4-16-12(15)9(3)14-11-7-10(13)6-5-8(11)2/h5-7,9,14H,4H2,1-3H3. The van der Waals surface area contributed by atoms with E-state index in [0.717, 1.165) is 5.56 Å². The van der Waals surface area contributed by atoms with Crippen LogP contribution in [0.1, 0.15) is 19.4 Å². The fourth-order valence-electron chi connectivity index (χ4n) is 1.31. The van der Waals surface area contributed by atoms with Crippen LogP contribution < -0.4 is 5.32 Å². The molecule has 1 aromatic rings. The lowest BCUT2D eigenvalue weighted by molar-refractivity contribution is -0.143. The summed E-state index contributed by atoms with van der Waals surface area (Å²) in [6.45, 7) is 5.62. The number of rotatable bonds is 4. The van der Waals surface area contributed by atoms with Crippen LogP contribution in [0.5, 0.6) is 0 Å². The van der Waals surface area contributed by atoms with E-state index in [1.54, 1.807) is 19.9 Å². The summed E-state index contributed by atoms with van der Waals surface area (Å²) in [6.07, 6.45) is 0. The van der Waals surface area contributed by atoms with Gasteiger partial charge in [-0.3, -0.25) is 0 Å². The molecule has 0 fully saturated rings. The van der Waals surface area contributed by atoms with Crippen LogP contribution >= 0.6 is 0 Å². The predicted molar refractivity (Wildman–Crippen MR) is 60.9 cm³/mol. The van der Waals surface area contributed by atoms with E-state index >= 15 is 0 Å². The maximum atomic E-state index is 13.0. The number of hydrogen-bond acceptors (Lipinski definition) is 3. The first kappa shape index (κ1) is 12.5. The molecule has 3 nitrogen and oxygen atoms in total. The van der Waals surface area contributed by atoms with Gasteiger partial charge in [-0.25, -0.2) is 9.18 Å². The van der Waals surface area contributed by atoms with E-state index < -0.39 is 6.04 Å². The Balaban J connectivity index is 2.72. The molecule has 1 aromatic carbocycles. The van der Waals surface area contributed by atoms with Crippen LogP contribution in [0, 0.1) is 12.7 Å². The van der Waals surface area contributed by atoms with Gasteiger partial charge in [0, 0.05) is 5.69 Å². The highest BCUT2D eigenvalue weighted by atomic mass is 19.1. The molecule has 0 heterocycles. The van der Waals surface area contributed by atoms with Gasteiger partial charge in [0.1, 0.15) is 11.9 Å². The molecule has 0 aliphatic carbocycles. The van der Waals surface area contributed by atoms with Crippen molar-refractivity contribution >= 4 is 11.7 Å². The Morgan fingerprint density at radius 1 is 1.56 bits per heavy atom. The number of esters is 1. The maximum Gasteiger partial charge on any atom is 0.328 e. The lowest BCUT2D eigenvalue weighted by atomic mass is 10.2. The normalized spacial score (nSPS) is 12.0. The molecular weight excluding hydrogens is 209 g/mol. The zero-order chi connectivity index (χ0) is 12.1. The van der Waals surface area contributed by atoms with Crippen molar-refractivity contribution in [2.24, 2.45) is 0 Å². The molecule has 1 atom stereocenters. The molecule has 0 spiro atoms. The van der Waals surface area contributed by atoms with E-state index in [-0.39, 0.29) is 11.8 Å². The molecule has 1 N–H and O–H groups in total. The maximum absolute atomic E-state index is 13.0. The zero-order valence-electron chi connectivity index (χ0n) is 9.71. The summed E-state index contributed by atoms with van der Waals surface area (Å²) in [6, 6.07) is 3.93. The van der Waals surface area contributed by atoms with Crippen molar-refractivity contribution in [3.8, 4) is 0 Å². The number of nitrogens with one attached hydrogen (secondary N) is 1. The molecule has 1 unspecified atom stereocenters. The van der Waals surface area contributed by atoms with Crippen LogP contribution in [0.3, 0.4) is 0 Å². The first-order valence-electron chi connectivity index (χ1n) is 5.24. The summed E-state index contributed by atoms with van der Waals surface area (Å²) in [5.74, 6) is -0.671. The fraction of sp³-hybridized carbons (Fsp3) is 0.417. The Labute approximate surface area is 94.6 Å². The van der Waals surface area contributed by atoms with E-state index in [9.17, 15) is 9.18 Å². The summed E-state index contributed by atoms with van der Waals surface area (Å²) < 4.78 is 17.8. The van der Waals surface area contributed by atoms with Crippen LogP contribution in [0.4, 0.5) is 10.1 Å². The molecule has 0 aliphatic rings. The molecule has 4 heteroatoms. The lowest BCUT2D eigenvalue weighted by Crippen LogP contribution is -2.28. The van der Waals surface area contributed by atoms with E-state index in [1.165, 1.54) is 12.1 Å². The van der Waals surface area contributed by atoms with Crippen LogP contribution in [0.2, 0.25) is 0 Å². The van der Waals surface area contributed by atoms with Gasteiger partial charge in [0.2, 0.25) is 0 Å². The van der Waals surface area contributed by atoms with Crippen LogP contribution in [0.15, 0.2) is 18.2 Å². The van der Waals surface area contributed by atoms with Crippen molar-refractivity contribution in [1.29, 1.82) is 0 Å². The van der Waals surface area contributed by atoms with Crippen molar-refractivity contribution in [2.75, 3.05) is 11.9 Å². The molecule has 0 radical (unpaired) electrons. The van der Waals surface area contributed by atoms with Gasteiger partial charge in [-0.2, -0.15) is 0 Å². The quantitative estimate of drug-likeness (QED) is 0.800. The third-order valence-corrected chi connectivity index (χ3v) is 2.21. The largest absolute Gasteiger partial charge is 0.464 e. The Morgan fingerprint density at radius 3 is 2.88 bits per heavy atom. The van der Waals surface area contributed by atoms with Gasteiger partial charge in [-0.1, -0.05) is 6.07 Å². The third kappa shape index (κ3) is 3.22. The van der Waals surface area contributed by atoms with Crippen molar-refractivity contribution in [3.63, 3.8) is 0 Å². The smallest absolute Gasteiger partial charge is 0.328 e. The summed E-state index contributed by atoms with van der Waals surface area (Å²) in [7, 11) is 0. The first-order valence-corrected chi connectivity index (χ1v) is 5.24. The highest BCUT2D eigenvalue weighted by Crippen LogP contribution is 2.17. The number of carbonyl (C=O) groups is 1. The number of aryl methyl sites for hydroxylation is 1. The average Bonchev–Trinajstić information content (AvgIpc) is 2.23. The minimum absolute atomic E-state index is 0.329. The van der Waals surface area contributed by atoms with Crippen molar-refractivity contribution < 1.29 is 13.9 Å². The zero-order valence-corrected chi connectivity index (χ0v) is 9.71. The Kier molecular flexibility index (Phi) is 4.28. The third-order valence-electron chi connectivity index (χ3n) is 2.21. The van der Waals surface area contributed by atoms with E-state index in [0.29, 0.717) is 12.3 Å². The van der Waals surface area contributed by atoms with E-state index in [1.807, 2.05) is 6.92 Å². The summed E-state index contributed by atoms with van der Waals surface area (Å²) in [4.78, 5) is 11.4. The second-order valence-electron chi connectivity index (χ2n) is 3.58. The molecule has 0 saturated carbocycles. The SMILES string of the molecule is CCOC(=O)C(C)Nc1cc(F)ccc1C. The highest BCUT2D eigenvalue weighted by Gasteiger charge is 2.14. The first-order chi connectivity index (χ1) is 7.54. The lowest BCUT2D eigenvalue weighted by Gasteiger charge is -2.15.